The molecule has 0 fully saturated rings. The standard InChI is InChI=1S/C25H23ClF3N3O4S/c1-17(2)36-20-11-8-18(9-12-20)15-30-31-24(33)16-32(37(34,35)21-6-4-3-5-7-21)19-10-13-23(26)22(14-19)25(27,28)29/h3-15,17H,16H2,1-2H3,(H,31,33)/b30-15+. The number of nitrogens with one attached hydrogen (secondary N) is 1. The van der Waals surface area contributed by atoms with Crippen molar-refractivity contribution in [3.8, 4) is 5.75 Å². The van der Waals surface area contributed by atoms with Gasteiger partial charge in [0.05, 0.1) is 33.5 Å². The summed E-state index contributed by atoms with van der Waals surface area (Å²) in [6.45, 7) is 2.94. The second-order valence-electron chi connectivity index (χ2n) is 8.02. The van der Waals surface area contributed by atoms with Crippen LogP contribution in [0.5, 0.6) is 5.75 Å². The molecule has 1 N–H and O–H groups in total. The van der Waals surface area contributed by atoms with Crippen LogP contribution in [0.3, 0.4) is 0 Å². The quantitative estimate of drug-likeness (QED) is 0.280. The van der Waals surface area contributed by atoms with E-state index in [9.17, 15) is 26.4 Å². The predicted molar refractivity (Wildman–Crippen MR) is 135 cm³/mol. The minimum atomic E-state index is -4.84. The van der Waals surface area contributed by atoms with Crippen LogP contribution in [0.25, 0.3) is 0 Å². The number of hydrazone groups is 1. The highest BCUT2D eigenvalue weighted by Crippen LogP contribution is 2.38. The van der Waals surface area contributed by atoms with Gasteiger partial charge >= 0.3 is 6.18 Å². The van der Waals surface area contributed by atoms with E-state index in [2.05, 4.69) is 10.5 Å². The lowest BCUT2D eigenvalue weighted by Gasteiger charge is -2.24. The molecule has 37 heavy (non-hydrogen) atoms. The Morgan fingerprint density at radius 3 is 2.32 bits per heavy atom. The van der Waals surface area contributed by atoms with Gasteiger partial charge in [-0.25, -0.2) is 13.8 Å². The van der Waals surface area contributed by atoms with Crippen molar-refractivity contribution in [2.24, 2.45) is 5.10 Å². The zero-order valence-electron chi connectivity index (χ0n) is 19.7. The zero-order valence-corrected chi connectivity index (χ0v) is 21.3. The molecule has 0 aliphatic rings. The third kappa shape index (κ3) is 7.46. The van der Waals surface area contributed by atoms with Gasteiger partial charge in [-0.2, -0.15) is 18.3 Å². The lowest BCUT2D eigenvalue weighted by Crippen LogP contribution is -2.39. The van der Waals surface area contributed by atoms with Crippen LogP contribution in [0, 0.1) is 0 Å². The molecule has 3 aromatic carbocycles. The van der Waals surface area contributed by atoms with Crippen LogP contribution in [0.15, 0.2) is 82.8 Å². The normalized spacial score (nSPS) is 12.1. The first-order chi connectivity index (χ1) is 17.4. The van der Waals surface area contributed by atoms with Crippen molar-refractivity contribution < 1.29 is 31.1 Å². The highest BCUT2D eigenvalue weighted by atomic mass is 35.5. The lowest BCUT2D eigenvalue weighted by atomic mass is 10.2. The van der Waals surface area contributed by atoms with Gasteiger partial charge in [-0.1, -0.05) is 29.8 Å². The number of hydrogen-bond acceptors (Lipinski definition) is 5. The van der Waals surface area contributed by atoms with Crippen molar-refractivity contribution in [2.45, 2.75) is 31.0 Å². The summed E-state index contributed by atoms with van der Waals surface area (Å²) in [5.74, 6) is -0.224. The van der Waals surface area contributed by atoms with Crippen LogP contribution >= 0.6 is 11.6 Å². The number of carbonyl (C=O) groups is 1. The average Bonchev–Trinajstić information content (AvgIpc) is 2.83. The van der Waals surface area contributed by atoms with Crippen molar-refractivity contribution in [3.63, 3.8) is 0 Å². The molecule has 0 spiro atoms. The number of halogens is 4. The Kier molecular flexibility index (Phi) is 8.82. The maximum atomic E-state index is 13.4. The maximum Gasteiger partial charge on any atom is 0.417 e. The Hall–Kier alpha value is -3.57. The first-order valence-corrected chi connectivity index (χ1v) is 12.7. The Morgan fingerprint density at radius 2 is 1.73 bits per heavy atom. The van der Waals surface area contributed by atoms with Crippen molar-refractivity contribution in [1.29, 1.82) is 0 Å². The van der Waals surface area contributed by atoms with Gasteiger partial charge in [0.25, 0.3) is 15.9 Å². The van der Waals surface area contributed by atoms with E-state index in [0.717, 1.165) is 12.1 Å². The second-order valence-corrected chi connectivity index (χ2v) is 10.3. The van der Waals surface area contributed by atoms with E-state index in [1.54, 1.807) is 30.3 Å². The molecule has 12 heteroatoms. The molecule has 0 aliphatic carbocycles. The maximum absolute atomic E-state index is 13.4. The molecule has 0 saturated carbocycles. The van der Waals surface area contributed by atoms with E-state index in [1.165, 1.54) is 30.5 Å². The van der Waals surface area contributed by atoms with E-state index in [0.29, 0.717) is 21.7 Å². The van der Waals surface area contributed by atoms with E-state index >= 15 is 0 Å². The molecule has 7 nitrogen and oxygen atoms in total. The monoisotopic (exact) mass is 553 g/mol. The van der Waals surface area contributed by atoms with E-state index in [-0.39, 0.29) is 16.7 Å². The van der Waals surface area contributed by atoms with Gasteiger partial charge < -0.3 is 4.74 Å². The summed E-state index contributed by atoms with van der Waals surface area (Å²) in [6, 6.07) is 16.5. The summed E-state index contributed by atoms with van der Waals surface area (Å²) >= 11 is 5.69. The number of sulfonamides is 1. The largest absolute Gasteiger partial charge is 0.491 e. The second kappa shape index (κ2) is 11.7. The highest BCUT2D eigenvalue weighted by molar-refractivity contribution is 7.92. The molecule has 1 amide bonds. The number of carbonyl (C=O) groups excluding carboxylic acids is 1. The Labute approximate surface area is 217 Å². The number of rotatable bonds is 9. The van der Waals surface area contributed by atoms with Crippen molar-refractivity contribution in [2.75, 3.05) is 10.8 Å². The summed E-state index contributed by atoms with van der Waals surface area (Å²) in [5, 5.41) is 3.21. The molecule has 3 aromatic rings. The summed E-state index contributed by atoms with van der Waals surface area (Å²) in [4.78, 5) is 12.4. The lowest BCUT2D eigenvalue weighted by molar-refractivity contribution is -0.137. The number of alkyl halides is 3. The highest BCUT2D eigenvalue weighted by Gasteiger charge is 2.35. The molecule has 196 valence electrons. The number of hydrogen-bond donors (Lipinski definition) is 1. The summed E-state index contributed by atoms with van der Waals surface area (Å²) < 4.78 is 73.0. The zero-order chi connectivity index (χ0) is 27.2. The van der Waals surface area contributed by atoms with Gasteiger partial charge in [-0.05, 0) is 74.0 Å². The molecule has 0 bridgehead atoms. The fourth-order valence-electron chi connectivity index (χ4n) is 3.17. The smallest absolute Gasteiger partial charge is 0.417 e. The molecule has 0 radical (unpaired) electrons. The fourth-order valence-corrected chi connectivity index (χ4v) is 4.83. The van der Waals surface area contributed by atoms with Crippen LogP contribution in [0.4, 0.5) is 18.9 Å². The summed E-state index contributed by atoms with van der Waals surface area (Å²) in [6.07, 6.45) is -3.50. The predicted octanol–water partition coefficient (Wildman–Crippen LogP) is 5.49. The summed E-state index contributed by atoms with van der Waals surface area (Å²) in [5.41, 5.74) is 1.20. The van der Waals surface area contributed by atoms with Gasteiger partial charge in [0, 0.05) is 0 Å². The number of anilines is 1. The molecule has 3 rings (SSSR count). The van der Waals surface area contributed by atoms with Crippen LogP contribution in [-0.2, 0) is 21.0 Å². The van der Waals surface area contributed by atoms with Crippen LogP contribution in [0.2, 0.25) is 5.02 Å². The minimum Gasteiger partial charge on any atom is -0.491 e. The Balaban J connectivity index is 1.85. The SMILES string of the molecule is CC(C)Oc1ccc(/C=N/NC(=O)CN(c2ccc(Cl)c(C(F)(F)F)c2)S(=O)(=O)c2ccccc2)cc1. The topological polar surface area (TPSA) is 88.1 Å². The molecular weight excluding hydrogens is 531 g/mol. The molecular formula is C25H23ClF3N3O4S. The molecule has 0 aliphatic heterocycles. The minimum absolute atomic E-state index is 0.00164. The van der Waals surface area contributed by atoms with Gasteiger partial charge in [-0.3, -0.25) is 9.10 Å². The van der Waals surface area contributed by atoms with E-state index in [1.807, 2.05) is 13.8 Å². The Morgan fingerprint density at radius 1 is 1.08 bits per heavy atom. The third-order valence-electron chi connectivity index (χ3n) is 4.82. The molecule has 0 saturated heterocycles. The van der Waals surface area contributed by atoms with Crippen LogP contribution in [0.1, 0.15) is 25.0 Å². The van der Waals surface area contributed by atoms with Crippen LogP contribution < -0.4 is 14.5 Å². The van der Waals surface area contributed by atoms with Crippen molar-refractivity contribution >= 4 is 39.4 Å². The van der Waals surface area contributed by atoms with E-state index in [4.69, 9.17) is 16.3 Å². The molecule has 0 aromatic heterocycles. The third-order valence-corrected chi connectivity index (χ3v) is 6.93. The number of amides is 1. The number of nitrogens with zero attached hydrogens (tertiary/aromatic N) is 2. The van der Waals surface area contributed by atoms with Gasteiger partial charge in [0.1, 0.15) is 12.3 Å². The fraction of sp³-hybridized carbons (Fsp3) is 0.200. The Bertz CT molecular complexity index is 1360. The average molecular weight is 554 g/mol. The first-order valence-electron chi connectivity index (χ1n) is 10.9. The first kappa shape index (κ1) is 28.0. The summed E-state index contributed by atoms with van der Waals surface area (Å²) in [7, 11) is -4.42. The van der Waals surface area contributed by atoms with E-state index < -0.39 is 39.2 Å². The number of ether oxygens (including phenoxy) is 1. The van der Waals surface area contributed by atoms with Gasteiger partial charge in [0.2, 0.25) is 0 Å². The molecule has 0 unspecified atom stereocenters. The van der Waals surface area contributed by atoms with Crippen molar-refractivity contribution in [3.05, 3.63) is 88.9 Å². The van der Waals surface area contributed by atoms with Crippen molar-refractivity contribution in [1.82, 2.24) is 5.43 Å². The van der Waals surface area contributed by atoms with Gasteiger partial charge in [0.15, 0.2) is 0 Å². The molecule has 0 atom stereocenters. The van der Waals surface area contributed by atoms with Gasteiger partial charge in [-0.15, -0.1) is 0 Å². The number of benzene rings is 3. The molecule has 0 heterocycles. The van der Waals surface area contributed by atoms with Crippen LogP contribution in [-0.4, -0.2) is 33.2 Å².